The van der Waals surface area contributed by atoms with E-state index in [-0.39, 0.29) is 12.8 Å². The average molecular weight is 304 g/mol. The molecule has 0 heterocycles. The van der Waals surface area contributed by atoms with Crippen LogP contribution in [-0.4, -0.2) is 0 Å². The fraction of sp³-hybridized carbons (Fsp3) is 0.217. The summed E-state index contributed by atoms with van der Waals surface area (Å²) >= 11 is 0. The van der Waals surface area contributed by atoms with E-state index in [1.54, 1.807) is 0 Å². The number of hydrogen-bond acceptors (Lipinski definition) is 0. The number of hydrogen-bond donors (Lipinski definition) is 0. The van der Waals surface area contributed by atoms with Crippen molar-refractivity contribution in [3.63, 3.8) is 0 Å². The van der Waals surface area contributed by atoms with Gasteiger partial charge in [-0.25, -0.2) is 0 Å². The van der Waals surface area contributed by atoms with Gasteiger partial charge < -0.3 is 0 Å². The van der Waals surface area contributed by atoms with Crippen LogP contribution in [0.5, 0.6) is 0 Å². The van der Waals surface area contributed by atoms with Crippen molar-refractivity contribution >= 4 is 0 Å². The van der Waals surface area contributed by atoms with Gasteiger partial charge in [0.2, 0.25) is 0 Å². The monoisotopic (exact) mass is 304 g/mol. The number of benzene rings is 3. The van der Waals surface area contributed by atoms with E-state index >= 15 is 0 Å². The van der Waals surface area contributed by atoms with Gasteiger partial charge in [-0.2, -0.15) is 0 Å². The Balaban J connectivity index is 0.000000849. The Labute approximate surface area is 141 Å². The lowest BCUT2D eigenvalue weighted by atomic mass is 9.71. The molecular formula is C23H28. The Morgan fingerprint density at radius 3 is 0.913 bits per heavy atom. The highest BCUT2D eigenvalue weighted by Gasteiger charge is 2.30. The van der Waals surface area contributed by atoms with Gasteiger partial charge in [-0.1, -0.05) is 112 Å². The van der Waals surface area contributed by atoms with E-state index in [2.05, 4.69) is 97.9 Å². The van der Waals surface area contributed by atoms with Gasteiger partial charge in [0.1, 0.15) is 0 Å². The first kappa shape index (κ1) is 18.7. The maximum atomic E-state index is 2.30. The molecule has 0 saturated heterocycles. The molecule has 23 heavy (non-hydrogen) atoms. The lowest BCUT2D eigenvalue weighted by Gasteiger charge is -2.31. The summed E-state index contributed by atoms with van der Waals surface area (Å²) in [5.74, 6) is 0. The minimum absolute atomic E-state index is 0. The van der Waals surface area contributed by atoms with Gasteiger partial charge in [0.25, 0.3) is 0 Å². The normalized spacial score (nSPS) is 10.0. The van der Waals surface area contributed by atoms with E-state index in [1.807, 2.05) is 13.8 Å². The Hall–Kier alpha value is -2.34. The van der Waals surface area contributed by atoms with Crippen molar-refractivity contribution in [3.8, 4) is 0 Å². The predicted octanol–water partition coefficient (Wildman–Crippen LogP) is 6.70. The third kappa shape index (κ3) is 3.90. The van der Waals surface area contributed by atoms with E-state index < -0.39 is 0 Å². The maximum Gasteiger partial charge on any atom is 0.0423 e. The van der Waals surface area contributed by atoms with Crippen molar-refractivity contribution in [1.82, 2.24) is 0 Å². The van der Waals surface area contributed by atoms with Crippen LogP contribution in [0, 0.1) is 0 Å². The average Bonchev–Trinajstić information content (AvgIpc) is 2.65. The second-order valence-electron chi connectivity index (χ2n) is 5.22. The van der Waals surface area contributed by atoms with Gasteiger partial charge in [-0.3, -0.25) is 0 Å². The van der Waals surface area contributed by atoms with Crippen LogP contribution in [0.4, 0.5) is 0 Å². The smallest absolute Gasteiger partial charge is 0.0423 e. The zero-order valence-electron chi connectivity index (χ0n) is 13.7. The van der Waals surface area contributed by atoms with E-state index in [0.717, 1.165) is 0 Å². The molecule has 120 valence electrons. The minimum atomic E-state index is -0.121. The third-order valence-electron chi connectivity index (χ3n) is 4.05. The first-order valence-electron chi connectivity index (χ1n) is 7.98. The second kappa shape index (κ2) is 8.95. The minimum Gasteiger partial charge on any atom is -0.0776 e. The molecule has 0 amide bonds. The molecule has 0 saturated carbocycles. The van der Waals surface area contributed by atoms with Crippen molar-refractivity contribution in [1.29, 1.82) is 0 Å². The Kier molecular flexibility index (Phi) is 7.28. The topological polar surface area (TPSA) is 0 Å². The van der Waals surface area contributed by atoms with E-state index in [9.17, 15) is 0 Å². The van der Waals surface area contributed by atoms with E-state index in [1.165, 1.54) is 16.7 Å². The first-order chi connectivity index (χ1) is 10.8. The van der Waals surface area contributed by atoms with Crippen LogP contribution in [0.3, 0.4) is 0 Å². The Bertz CT molecular complexity index is 558. The molecule has 3 aromatic carbocycles. The van der Waals surface area contributed by atoms with Crippen molar-refractivity contribution < 1.29 is 0 Å². The quantitative estimate of drug-likeness (QED) is 0.472. The molecule has 0 aliphatic heterocycles. The van der Waals surface area contributed by atoms with Crippen molar-refractivity contribution in [2.75, 3.05) is 0 Å². The summed E-state index contributed by atoms with van der Waals surface area (Å²) in [6.07, 6.45) is 0. The molecule has 0 atom stereocenters. The van der Waals surface area contributed by atoms with Crippen LogP contribution in [0.2, 0.25) is 0 Å². The summed E-state index contributed by atoms with van der Waals surface area (Å²) in [5.41, 5.74) is 3.83. The summed E-state index contributed by atoms with van der Waals surface area (Å²) in [5, 5.41) is 0. The molecule has 0 spiro atoms. The molecule has 0 radical (unpaired) electrons. The molecule has 0 bridgehead atoms. The molecule has 0 N–H and O–H groups in total. The van der Waals surface area contributed by atoms with Gasteiger partial charge >= 0.3 is 0 Å². The van der Waals surface area contributed by atoms with Crippen LogP contribution in [0.1, 0.15) is 44.9 Å². The highest BCUT2D eigenvalue weighted by atomic mass is 14.3. The van der Waals surface area contributed by atoms with Crippen LogP contribution >= 0.6 is 0 Å². The SMILES string of the molecule is C.CC.CC(c1ccccc1)(c1ccccc1)c1ccccc1. The van der Waals surface area contributed by atoms with E-state index in [0.29, 0.717) is 0 Å². The lowest BCUT2D eigenvalue weighted by Crippen LogP contribution is -2.25. The summed E-state index contributed by atoms with van der Waals surface area (Å²) in [6, 6.07) is 32.1. The highest BCUT2D eigenvalue weighted by molar-refractivity contribution is 5.49. The fourth-order valence-electron chi connectivity index (χ4n) is 2.81. The summed E-state index contributed by atoms with van der Waals surface area (Å²) in [7, 11) is 0. The van der Waals surface area contributed by atoms with Crippen LogP contribution in [0.25, 0.3) is 0 Å². The zero-order chi connectivity index (χ0) is 15.8. The number of rotatable bonds is 3. The second-order valence-corrected chi connectivity index (χ2v) is 5.22. The molecule has 0 aliphatic carbocycles. The summed E-state index contributed by atoms with van der Waals surface area (Å²) in [4.78, 5) is 0. The van der Waals surface area contributed by atoms with Crippen molar-refractivity contribution in [2.45, 2.75) is 33.6 Å². The van der Waals surface area contributed by atoms with E-state index in [4.69, 9.17) is 0 Å². The van der Waals surface area contributed by atoms with Crippen molar-refractivity contribution in [2.24, 2.45) is 0 Å². The highest BCUT2D eigenvalue weighted by Crippen LogP contribution is 2.38. The summed E-state index contributed by atoms with van der Waals surface area (Å²) < 4.78 is 0. The summed E-state index contributed by atoms with van der Waals surface area (Å²) in [6.45, 7) is 6.30. The van der Waals surface area contributed by atoms with Crippen LogP contribution in [-0.2, 0) is 5.41 Å². The molecule has 0 fully saturated rings. The van der Waals surface area contributed by atoms with Gasteiger partial charge in [-0.15, -0.1) is 0 Å². The molecule has 0 aromatic heterocycles. The van der Waals surface area contributed by atoms with Gasteiger partial charge in [0.15, 0.2) is 0 Å². The molecule has 0 unspecified atom stereocenters. The van der Waals surface area contributed by atoms with Crippen molar-refractivity contribution in [3.05, 3.63) is 108 Å². The van der Waals surface area contributed by atoms with Gasteiger partial charge in [-0.05, 0) is 23.6 Å². The molecular weight excluding hydrogens is 276 g/mol. The molecule has 0 aliphatic rings. The van der Waals surface area contributed by atoms with Gasteiger partial charge in [0.05, 0.1) is 0 Å². The largest absolute Gasteiger partial charge is 0.0776 e. The maximum absolute atomic E-state index is 2.30. The van der Waals surface area contributed by atoms with Gasteiger partial charge in [0, 0.05) is 5.41 Å². The Morgan fingerprint density at radius 1 is 0.478 bits per heavy atom. The Morgan fingerprint density at radius 2 is 0.696 bits per heavy atom. The third-order valence-corrected chi connectivity index (χ3v) is 4.05. The predicted molar refractivity (Wildman–Crippen MR) is 103 cm³/mol. The fourth-order valence-corrected chi connectivity index (χ4v) is 2.81. The zero-order valence-corrected chi connectivity index (χ0v) is 13.7. The first-order valence-corrected chi connectivity index (χ1v) is 7.98. The molecule has 0 nitrogen and oxygen atoms in total. The molecule has 3 aromatic rings. The standard InChI is InChI=1S/C20H18.C2H6.CH4/c1-20(17-11-5-2-6-12-17,18-13-7-3-8-14-18)19-15-9-4-10-16-19;1-2;/h2-16H,1H3;1-2H3;1H4. The lowest BCUT2D eigenvalue weighted by molar-refractivity contribution is 0.692. The van der Waals surface area contributed by atoms with Crippen LogP contribution in [0.15, 0.2) is 91.0 Å². The molecule has 3 rings (SSSR count). The molecule has 0 heteroatoms. The van der Waals surface area contributed by atoms with Crippen LogP contribution < -0.4 is 0 Å².